The number of esters is 1. The second-order valence-corrected chi connectivity index (χ2v) is 10.1. The van der Waals surface area contributed by atoms with E-state index in [1.165, 1.54) is 11.3 Å². The van der Waals surface area contributed by atoms with E-state index in [1.807, 2.05) is 51.1 Å². The number of nitrogens with one attached hydrogen (secondary N) is 2. The Morgan fingerprint density at radius 3 is 2.56 bits per heavy atom. The number of likely N-dealkylation sites (tertiary alicyclic amines) is 1. The number of carbonyl (C=O) groups excluding carboxylic acids is 3. The monoisotopic (exact) mass is 485 g/mol. The first-order valence-corrected chi connectivity index (χ1v) is 12.8. The standard InChI is InChI=1S/C26H35N3O4S/c1-5-33-26(32)21-14-22(20-11-7-6-8-12-20)34-25(21)28-24(31)18(4)29-13-9-10-19(16-29)15-27-23(30)17(2)3/h6-8,11-12,14,17-19H,5,9-10,13,15-16H2,1-4H3,(H,27,30)(H,28,31). The molecule has 2 atom stereocenters. The quantitative estimate of drug-likeness (QED) is 0.514. The highest BCUT2D eigenvalue weighted by molar-refractivity contribution is 7.20. The molecule has 2 N–H and O–H groups in total. The molecule has 0 saturated carbocycles. The number of anilines is 1. The lowest BCUT2D eigenvalue weighted by atomic mass is 9.96. The van der Waals surface area contributed by atoms with Crippen LogP contribution in [0, 0.1) is 11.8 Å². The Balaban J connectivity index is 1.69. The number of rotatable bonds is 9. The van der Waals surface area contributed by atoms with Crippen LogP contribution < -0.4 is 10.6 Å². The van der Waals surface area contributed by atoms with Crippen molar-refractivity contribution < 1.29 is 19.1 Å². The Morgan fingerprint density at radius 2 is 1.88 bits per heavy atom. The number of nitrogens with zero attached hydrogens (tertiary/aromatic N) is 1. The third-order valence-corrected chi connectivity index (χ3v) is 7.19. The Kier molecular flexibility index (Phi) is 9.24. The molecule has 2 aromatic rings. The lowest BCUT2D eigenvalue weighted by Crippen LogP contribution is -2.49. The van der Waals surface area contributed by atoms with Crippen LogP contribution in [-0.2, 0) is 14.3 Å². The molecule has 2 heterocycles. The lowest BCUT2D eigenvalue weighted by molar-refractivity contribution is -0.125. The van der Waals surface area contributed by atoms with Crippen molar-refractivity contribution >= 4 is 34.1 Å². The predicted molar refractivity (Wildman–Crippen MR) is 136 cm³/mol. The molecule has 1 aliphatic rings. The number of benzene rings is 1. The van der Waals surface area contributed by atoms with E-state index in [0.29, 0.717) is 23.0 Å². The van der Waals surface area contributed by atoms with Crippen molar-refractivity contribution in [1.82, 2.24) is 10.2 Å². The number of thiophene rings is 1. The van der Waals surface area contributed by atoms with Crippen LogP contribution in [0.3, 0.4) is 0 Å². The van der Waals surface area contributed by atoms with Crippen molar-refractivity contribution in [2.75, 3.05) is 31.6 Å². The molecule has 0 aliphatic carbocycles. The van der Waals surface area contributed by atoms with Gasteiger partial charge in [-0.1, -0.05) is 44.2 Å². The van der Waals surface area contributed by atoms with E-state index in [-0.39, 0.29) is 30.4 Å². The third-order valence-electron chi connectivity index (χ3n) is 6.09. The molecule has 8 heteroatoms. The number of carbonyl (C=O) groups is 3. The Labute approximate surface area is 205 Å². The third kappa shape index (κ3) is 6.67. The van der Waals surface area contributed by atoms with Crippen LogP contribution in [0.1, 0.15) is 50.9 Å². The number of hydrogen-bond donors (Lipinski definition) is 2. The molecular formula is C26H35N3O4S. The minimum atomic E-state index is -0.442. The van der Waals surface area contributed by atoms with Gasteiger partial charge in [0.25, 0.3) is 0 Å². The molecule has 0 spiro atoms. The van der Waals surface area contributed by atoms with Gasteiger partial charge in [0.1, 0.15) is 5.00 Å². The first-order chi connectivity index (χ1) is 16.3. The summed E-state index contributed by atoms with van der Waals surface area (Å²) in [6.45, 7) is 9.88. The van der Waals surface area contributed by atoms with Gasteiger partial charge in [0, 0.05) is 23.9 Å². The lowest BCUT2D eigenvalue weighted by Gasteiger charge is -2.36. The van der Waals surface area contributed by atoms with Crippen LogP contribution in [0.4, 0.5) is 5.00 Å². The first-order valence-electron chi connectivity index (χ1n) is 12.0. The highest BCUT2D eigenvalue weighted by Gasteiger charge is 2.29. The second-order valence-electron chi connectivity index (χ2n) is 9.01. The summed E-state index contributed by atoms with van der Waals surface area (Å²) in [5.41, 5.74) is 1.35. The fourth-order valence-corrected chi connectivity index (χ4v) is 5.09. The topological polar surface area (TPSA) is 87.7 Å². The molecule has 1 aromatic heterocycles. The number of hydrogen-bond acceptors (Lipinski definition) is 6. The maximum Gasteiger partial charge on any atom is 0.341 e. The molecule has 7 nitrogen and oxygen atoms in total. The van der Waals surface area contributed by atoms with Crippen LogP contribution in [0.15, 0.2) is 36.4 Å². The molecule has 1 saturated heterocycles. The Hall–Kier alpha value is -2.71. The van der Waals surface area contributed by atoms with Crippen molar-refractivity contribution in [1.29, 1.82) is 0 Å². The smallest absolute Gasteiger partial charge is 0.341 e. The second kappa shape index (κ2) is 12.1. The zero-order valence-electron chi connectivity index (χ0n) is 20.4. The highest BCUT2D eigenvalue weighted by atomic mass is 32.1. The van der Waals surface area contributed by atoms with E-state index in [0.717, 1.165) is 36.4 Å². The summed E-state index contributed by atoms with van der Waals surface area (Å²) < 4.78 is 5.22. The van der Waals surface area contributed by atoms with E-state index in [2.05, 4.69) is 15.5 Å². The van der Waals surface area contributed by atoms with Gasteiger partial charge in [0.2, 0.25) is 11.8 Å². The fourth-order valence-electron chi connectivity index (χ4n) is 4.04. The minimum absolute atomic E-state index is 0.0374. The van der Waals surface area contributed by atoms with Gasteiger partial charge < -0.3 is 15.4 Å². The summed E-state index contributed by atoms with van der Waals surface area (Å²) in [5, 5.41) is 6.51. The maximum absolute atomic E-state index is 13.2. The van der Waals surface area contributed by atoms with Gasteiger partial charge in [-0.2, -0.15) is 0 Å². The Morgan fingerprint density at radius 1 is 1.15 bits per heavy atom. The summed E-state index contributed by atoms with van der Waals surface area (Å²) in [6.07, 6.45) is 2.01. The molecule has 0 bridgehead atoms. The van der Waals surface area contributed by atoms with Crippen LogP contribution >= 0.6 is 11.3 Å². The predicted octanol–water partition coefficient (Wildman–Crippen LogP) is 4.40. The maximum atomic E-state index is 13.2. The number of ether oxygens (including phenoxy) is 1. The number of piperidine rings is 1. The van der Waals surface area contributed by atoms with Crippen molar-refractivity contribution in [3.63, 3.8) is 0 Å². The summed E-state index contributed by atoms with van der Waals surface area (Å²) in [6, 6.07) is 11.2. The SMILES string of the molecule is CCOC(=O)c1cc(-c2ccccc2)sc1NC(=O)C(C)N1CCCC(CNC(=O)C(C)C)C1. The normalized spacial score (nSPS) is 17.3. The molecular weight excluding hydrogens is 450 g/mol. The zero-order valence-corrected chi connectivity index (χ0v) is 21.2. The zero-order chi connectivity index (χ0) is 24.7. The van der Waals surface area contributed by atoms with Gasteiger partial charge in [-0.3, -0.25) is 14.5 Å². The van der Waals surface area contributed by atoms with Crippen molar-refractivity contribution in [2.24, 2.45) is 11.8 Å². The van der Waals surface area contributed by atoms with Gasteiger partial charge >= 0.3 is 5.97 Å². The van der Waals surface area contributed by atoms with E-state index in [1.54, 1.807) is 13.0 Å². The van der Waals surface area contributed by atoms with Crippen molar-refractivity contribution in [2.45, 2.75) is 46.6 Å². The average Bonchev–Trinajstić information content (AvgIpc) is 3.26. The van der Waals surface area contributed by atoms with E-state index in [4.69, 9.17) is 4.74 Å². The summed E-state index contributed by atoms with van der Waals surface area (Å²) in [4.78, 5) is 40.7. The van der Waals surface area contributed by atoms with Crippen LogP contribution in [0.2, 0.25) is 0 Å². The molecule has 1 aromatic carbocycles. The van der Waals surface area contributed by atoms with E-state index in [9.17, 15) is 14.4 Å². The molecule has 3 rings (SSSR count). The van der Waals surface area contributed by atoms with Crippen LogP contribution in [-0.4, -0.2) is 55.0 Å². The van der Waals surface area contributed by atoms with Gasteiger partial charge in [-0.05, 0) is 50.8 Å². The molecule has 2 amide bonds. The summed E-state index contributed by atoms with van der Waals surface area (Å²) in [7, 11) is 0. The largest absolute Gasteiger partial charge is 0.462 e. The van der Waals surface area contributed by atoms with Crippen molar-refractivity contribution in [3.05, 3.63) is 42.0 Å². The molecule has 184 valence electrons. The molecule has 1 aliphatic heterocycles. The first kappa shape index (κ1) is 25.9. The van der Waals surface area contributed by atoms with Crippen LogP contribution in [0.25, 0.3) is 10.4 Å². The number of amides is 2. The van der Waals surface area contributed by atoms with E-state index >= 15 is 0 Å². The molecule has 2 unspecified atom stereocenters. The van der Waals surface area contributed by atoms with Crippen LogP contribution in [0.5, 0.6) is 0 Å². The minimum Gasteiger partial charge on any atom is -0.462 e. The summed E-state index contributed by atoms with van der Waals surface area (Å²) in [5.74, 6) is -0.263. The molecule has 0 radical (unpaired) electrons. The summed E-state index contributed by atoms with van der Waals surface area (Å²) >= 11 is 1.37. The average molecular weight is 486 g/mol. The van der Waals surface area contributed by atoms with Gasteiger partial charge in [-0.25, -0.2) is 4.79 Å². The molecule has 34 heavy (non-hydrogen) atoms. The van der Waals surface area contributed by atoms with Crippen molar-refractivity contribution in [3.8, 4) is 10.4 Å². The van der Waals surface area contributed by atoms with Gasteiger partial charge in [0.05, 0.1) is 18.2 Å². The highest BCUT2D eigenvalue weighted by Crippen LogP contribution is 2.36. The van der Waals surface area contributed by atoms with Gasteiger partial charge in [0.15, 0.2) is 0 Å². The fraction of sp³-hybridized carbons (Fsp3) is 0.500. The van der Waals surface area contributed by atoms with Gasteiger partial charge in [-0.15, -0.1) is 11.3 Å². The Bertz CT molecular complexity index is 989. The van der Waals surface area contributed by atoms with E-state index < -0.39 is 5.97 Å². The molecule has 1 fully saturated rings.